The molecule has 2 rings (SSSR count). The number of rotatable bonds is 3. The molecule has 2 unspecified atom stereocenters. The summed E-state index contributed by atoms with van der Waals surface area (Å²) in [5, 5.41) is 10.4. The fourth-order valence-corrected chi connectivity index (χ4v) is 0.961. The van der Waals surface area contributed by atoms with Crippen molar-refractivity contribution in [3.05, 3.63) is 0 Å². The van der Waals surface area contributed by atoms with E-state index in [0.29, 0.717) is 11.8 Å². The first kappa shape index (κ1) is 6.14. The predicted molar refractivity (Wildman–Crippen MR) is 34.7 cm³/mol. The molecule has 0 bridgehead atoms. The van der Waals surface area contributed by atoms with E-state index in [9.17, 15) is 0 Å². The molecular weight excluding hydrogens is 128 g/mol. The van der Waals surface area contributed by atoms with Crippen molar-refractivity contribution >= 4 is 0 Å². The van der Waals surface area contributed by atoms with Crippen LogP contribution in [-0.4, -0.2) is 24.8 Å². The van der Waals surface area contributed by atoms with Gasteiger partial charge in [0.1, 0.15) is 0 Å². The number of hydroxylamine groups is 2. The molecule has 0 radical (unpaired) electrons. The largest absolute Gasteiger partial charge is 0.299 e. The first-order valence-electron chi connectivity index (χ1n) is 3.67. The van der Waals surface area contributed by atoms with Gasteiger partial charge in [0.05, 0.1) is 18.6 Å². The van der Waals surface area contributed by atoms with Gasteiger partial charge in [-0.3, -0.25) is 4.84 Å². The summed E-state index contributed by atoms with van der Waals surface area (Å²) in [5.74, 6) is 0.825. The van der Waals surface area contributed by atoms with Gasteiger partial charge in [0, 0.05) is 19.0 Å². The summed E-state index contributed by atoms with van der Waals surface area (Å²) in [6.45, 7) is 2.91. The Labute approximate surface area is 60.1 Å². The van der Waals surface area contributed by atoms with Crippen molar-refractivity contribution in [2.24, 2.45) is 11.8 Å². The Bertz CT molecular complexity index is 171. The van der Waals surface area contributed by atoms with Crippen molar-refractivity contribution in [3.8, 4) is 6.07 Å². The van der Waals surface area contributed by atoms with Crippen molar-refractivity contribution in [3.63, 3.8) is 0 Å². The van der Waals surface area contributed by atoms with E-state index in [1.54, 1.807) is 0 Å². The topological polar surface area (TPSA) is 36.0 Å². The van der Waals surface area contributed by atoms with Crippen molar-refractivity contribution in [1.29, 1.82) is 5.26 Å². The summed E-state index contributed by atoms with van der Waals surface area (Å²) in [7, 11) is 0. The Hall–Kier alpha value is -0.590. The van der Waals surface area contributed by atoms with Crippen molar-refractivity contribution < 1.29 is 4.84 Å². The van der Waals surface area contributed by atoms with Gasteiger partial charge < -0.3 is 0 Å². The third-order valence-corrected chi connectivity index (χ3v) is 1.97. The second-order valence-electron chi connectivity index (χ2n) is 2.96. The van der Waals surface area contributed by atoms with Crippen LogP contribution in [0.2, 0.25) is 0 Å². The first-order chi connectivity index (χ1) is 4.90. The average Bonchev–Trinajstić information content (AvgIpc) is 2.82. The lowest BCUT2D eigenvalue weighted by Gasteiger charge is -1.98. The third kappa shape index (κ3) is 1.28. The summed E-state index contributed by atoms with van der Waals surface area (Å²) >= 11 is 0. The van der Waals surface area contributed by atoms with E-state index in [-0.39, 0.29) is 0 Å². The zero-order chi connectivity index (χ0) is 6.97. The molecule has 0 aromatic rings. The van der Waals surface area contributed by atoms with Crippen LogP contribution in [-0.2, 0) is 4.84 Å². The third-order valence-electron chi connectivity index (χ3n) is 1.97. The second-order valence-corrected chi connectivity index (χ2v) is 2.96. The Balaban J connectivity index is 1.60. The van der Waals surface area contributed by atoms with Crippen LogP contribution in [0.1, 0.15) is 6.42 Å². The maximum atomic E-state index is 8.44. The molecule has 1 saturated heterocycles. The first-order valence-corrected chi connectivity index (χ1v) is 3.67. The molecule has 2 aliphatic rings. The highest BCUT2D eigenvalue weighted by molar-refractivity contribution is 5.01. The van der Waals surface area contributed by atoms with E-state index in [1.165, 1.54) is 0 Å². The summed E-state index contributed by atoms with van der Waals surface area (Å²) in [4.78, 5) is 5.29. The average molecular weight is 138 g/mol. The van der Waals surface area contributed by atoms with E-state index in [4.69, 9.17) is 10.1 Å². The highest BCUT2D eigenvalue weighted by atomic mass is 16.7. The van der Waals surface area contributed by atoms with E-state index in [2.05, 4.69) is 6.07 Å². The molecule has 1 aliphatic carbocycles. The molecule has 3 heteroatoms. The van der Waals surface area contributed by atoms with Gasteiger partial charge in [-0.15, -0.1) is 0 Å². The standard InChI is InChI=1S/C7H10N2O/c8-4-6-3-7(6)5-10-9-1-2-9/h6-7H,1-3,5H2. The predicted octanol–water partition coefficient (Wildman–Crippen LogP) is 0.393. The molecule has 0 aromatic carbocycles. The molecule has 0 N–H and O–H groups in total. The van der Waals surface area contributed by atoms with Gasteiger partial charge in [-0.05, 0) is 6.42 Å². The monoisotopic (exact) mass is 138 g/mol. The number of nitrogens with zero attached hydrogens (tertiary/aromatic N) is 2. The van der Waals surface area contributed by atoms with Crippen LogP contribution in [0.25, 0.3) is 0 Å². The number of hydrogen-bond donors (Lipinski definition) is 0. The fraction of sp³-hybridized carbons (Fsp3) is 0.857. The van der Waals surface area contributed by atoms with Gasteiger partial charge in [-0.25, -0.2) is 0 Å². The minimum atomic E-state index is 0.292. The zero-order valence-corrected chi connectivity index (χ0v) is 5.79. The summed E-state index contributed by atoms with van der Waals surface area (Å²) in [6, 6.07) is 2.23. The molecule has 54 valence electrons. The van der Waals surface area contributed by atoms with Gasteiger partial charge in [-0.1, -0.05) is 0 Å². The molecule has 1 saturated carbocycles. The van der Waals surface area contributed by atoms with E-state index < -0.39 is 0 Å². The highest BCUT2D eigenvalue weighted by Crippen LogP contribution is 2.38. The lowest BCUT2D eigenvalue weighted by molar-refractivity contribution is -0.0700. The molecule has 3 nitrogen and oxygen atoms in total. The van der Waals surface area contributed by atoms with Crippen LogP contribution in [0.5, 0.6) is 0 Å². The van der Waals surface area contributed by atoms with Crippen LogP contribution in [0.4, 0.5) is 0 Å². The fourth-order valence-electron chi connectivity index (χ4n) is 0.961. The van der Waals surface area contributed by atoms with Crippen LogP contribution in [0.15, 0.2) is 0 Å². The Morgan fingerprint density at radius 2 is 2.40 bits per heavy atom. The smallest absolute Gasteiger partial charge is 0.0726 e. The molecule has 0 spiro atoms. The number of nitriles is 1. The molecular formula is C7H10N2O. The lowest BCUT2D eigenvalue weighted by atomic mass is 10.4. The van der Waals surface area contributed by atoms with Gasteiger partial charge >= 0.3 is 0 Å². The molecule has 2 atom stereocenters. The second kappa shape index (κ2) is 2.22. The molecule has 2 fully saturated rings. The van der Waals surface area contributed by atoms with Crippen molar-refractivity contribution in [2.45, 2.75) is 6.42 Å². The van der Waals surface area contributed by atoms with Gasteiger partial charge in [0.2, 0.25) is 0 Å². The number of hydrogen-bond acceptors (Lipinski definition) is 3. The van der Waals surface area contributed by atoms with Gasteiger partial charge in [0.25, 0.3) is 0 Å². The normalized spacial score (nSPS) is 37.1. The Morgan fingerprint density at radius 3 is 2.90 bits per heavy atom. The lowest BCUT2D eigenvalue weighted by Crippen LogP contribution is -2.03. The minimum Gasteiger partial charge on any atom is -0.299 e. The van der Waals surface area contributed by atoms with Gasteiger partial charge in [0.15, 0.2) is 0 Å². The molecule has 0 aromatic heterocycles. The Morgan fingerprint density at radius 1 is 1.60 bits per heavy atom. The summed E-state index contributed by atoms with van der Waals surface area (Å²) in [6.07, 6.45) is 1.05. The maximum absolute atomic E-state index is 8.44. The Kier molecular flexibility index (Phi) is 1.37. The highest BCUT2D eigenvalue weighted by Gasteiger charge is 2.38. The molecule has 0 amide bonds. The molecule has 1 heterocycles. The van der Waals surface area contributed by atoms with Crippen molar-refractivity contribution in [2.75, 3.05) is 19.7 Å². The minimum absolute atomic E-state index is 0.292. The van der Waals surface area contributed by atoms with Crippen molar-refractivity contribution in [1.82, 2.24) is 5.06 Å². The van der Waals surface area contributed by atoms with Crippen LogP contribution < -0.4 is 0 Å². The zero-order valence-electron chi connectivity index (χ0n) is 5.79. The van der Waals surface area contributed by atoms with E-state index >= 15 is 0 Å². The van der Waals surface area contributed by atoms with E-state index in [1.807, 2.05) is 5.06 Å². The van der Waals surface area contributed by atoms with Crippen LogP contribution in [0.3, 0.4) is 0 Å². The summed E-state index contributed by atoms with van der Waals surface area (Å²) in [5.41, 5.74) is 0. The maximum Gasteiger partial charge on any atom is 0.0726 e. The van der Waals surface area contributed by atoms with Gasteiger partial charge in [-0.2, -0.15) is 10.3 Å². The molecule has 1 aliphatic heterocycles. The quantitative estimate of drug-likeness (QED) is 0.529. The van der Waals surface area contributed by atoms with E-state index in [0.717, 1.165) is 26.1 Å². The van der Waals surface area contributed by atoms with Crippen LogP contribution in [0, 0.1) is 23.2 Å². The molecule has 10 heavy (non-hydrogen) atoms. The van der Waals surface area contributed by atoms with Crippen LogP contribution >= 0.6 is 0 Å². The summed E-state index contributed by atoms with van der Waals surface area (Å²) < 4.78 is 0. The SMILES string of the molecule is N#CC1CC1CON1CC1.